The van der Waals surface area contributed by atoms with Crippen molar-refractivity contribution in [2.45, 2.75) is 44.2 Å². The monoisotopic (exact) mass is 227 g/mol. The van der Waals surface area contributed by atoms with E-state index >= 15 is 0 Å². The number of likely N-dealkylation sites (tertiary alicyclic amines) is 1. The molecule has 0 aromatic carbocycles. The average Bonchev–Trinajstić information content (AvgIpc) is 3.12. The van der Waals surface area contributed by atoms with E-state index in [1.807, 2.05) is 6.92 Å². The number of carboxylic acid groups (broad SMARTS) is 1. The van der Waals surface area contributed by atoms with Crippen LogP contribution in [-0.2, 0) is 9.53 Å². The van der Waals surface area contributed by atoms with Crippen LogP contribution in [0.2, 0.25) is 0 Å². The first-order valence-corrected chi connectivity index (χ1v) is 6.10. The number of carboxylic acids is 1. The molecule has 0 spiro atoms. The molecule has 0 amide bonds. The predicted molar refractivity (Wildman–Crippen MR) is 60.4 cm³/mol. The Balaban J connectivity index is 2.02. The Labute approximate surface area is 96.6 Å². The number of hydrogen-bond donors (Lipinski definition) is 1. The zero-order chi connectivity index (χ0) is 11.8. The molecule has 4 nitrogen and oxygen atoms in total. The van der Waals surface area contributed by atoms with E-state index in [1.54, 1.807) is 7.11 Å². The molecular weight excluding hydrogens is 206 g/mol. The van der Waals surface area contributed by atoms with Crippen LogP contribution in [0.15, 0.2) is 0 Å². The van der Waals surface area contributed by atoms with Gasteiger partial charge in [0.25, 0.3) is 0 Å². The number of hydrogen-bond acceptors (Lipinski definition) is 3. The lowest BCUT2D eigenvalue weighted by Crippen LogP contribution is -2.57. The highest BCUT2D eigenvalue weighted by Crippen LogP contribution is 2.44. The van der Waals surface area contributed by atoms with Gasteiger partial charge in [0.1, 0.15) is 5.54 Å². The molecule has 1 N–H and O–H groups in total. The second-order valence-electron chi connectivity index (χ2n) is 5.15. The van der Waals surface area contributed by atoms with Crippen LogP contribution in [0, 0.1) is 5.92 Å². The third-order valence-electron chi connectivity index (χ3n) is 4.24. The van der Waals surface area contributed by atoms with Crippen LogP contribution in [0.5, 0.6) is 0 Å². The Morgan fingerprint density at radius 3 is 2.25 bits per heavy atom. The van der Waals surface area contributed by atoms with Crippen LogP contribution in [0.1, 0.15) is 32.6 Å². The normalized spacial score (nSPS) is 27.6. The van der Waals surface area contributed by atoms with Crippen molar-refractivity contribution in [3.63, 3.8) is 0 Å². The topological polar surface area (TPSA) is 49.8 Å². The predicted octanol–water partition coefficient (Wildman–Crippen LogP) is 1.35. The van der Waals surface area contributed by atoms with Crippen LogP contribution in [0.3, 0.4) is 0 Å². The molecule has 1 heterocycles. The third kappa shape index (κ3) is 1.96. The van der Waals surface area contributed by atoms with Gasteiger partial charge in [-0.05, 0) is 38.5 Å². The van der Waals surface area contributed by atoms with Gasteiger partial charge in [-0.3, -0.25) is 9.69 Å². The zero-order valence-electron chi connectivity index (χ0n) is 10.1. The average molecular weight is 227 g/mol. The fraction of sp³-hybridized carbons (Fsp3) is 0.917. The Bertz CT molecular complexity index is 269. The number of methoxy groups -OCH3 is 1. The van der Waals surface area contributed by atoms with Crippen molar-refractivity contribution in [2.24, 2.45) is 5.92 Å². The highest BCUT2D eigenvalue weighted by molar-refractivity contribution is 5.79. The fourth-order valence-electron chi connectivity index (χ4n) is 2.77. The van der Waals surface area contributed by atoms with Gasteiger partial charge in [0.2, 0.25) is 0 Å². The fourth-order valence-corrected chi connectivity index (χ4v) is 2.77. The summed E-state index contributed by atoms with van der Waals surface area (Å²) in [5.41, 5.74) is -0.640. The lowest BCUT2D eigenvalue weighted by molar-refractivity contribution is -0.154. The van der Waals surface area contributed by atoms with Gasteiger partial charge in [-0.2, -0.15) is 0 Å². The molecule has 1 saturated heterocycles. The molecule has 2 rings (SSSR count). The SMILES string of the molecule is COC1CCN(C(C)(C(=O)O)C2CC2)CC1. The van der Waals surface area contributed by atoms with Gasteiger partial charge in [0, 0.05) is 20.2 Å². The van der Waals surface area contributed by atoms with Crippen molar-refractivity contribution < 1.29 is 14.6 Å². The van der Waals surface area contributed by atoms with Crippen molar-refractivity contribution in [3.05, 3.63) is 0 Å². The van der Waals surface area contributed by atoms with E-state index in [-0.39, 0.29) is 0 Å². The number of ether oxygens (including phenoxy) is 1. The summed E-state index contributed by atoms with van der Waals surface area (Å²) in [5, 5.41) is 9.45. The van der Waals surface area contributed by atoms with Gasteiger partial charge >= 0.3 is 5.97 Å². The van der Waals surface area contributed by atoms with Gasteiger partial charge < -0.3 is 9.84 Å². The molecule has 2 aliphatic rings. The molecule has 92 valence electrons. The molecule has 2 fully saturated rings. The molecule has 0 radical (unpaired) electrons. The summed E-state index contributed by atoms with van der Waals surface area (Å²) in [7, 11) is 1.73. The van der Waals surface area contributed by atoms with E-state index in [9.17, 15) is 9.90 Å². The summed E-state index contributed by atoms with van der Waals surface area (Å²) in [6.07, 6.45) is 4.34. The van der Waals surface area contributed by atoms with Gasteiger partial charge in [-0.25, -0.2) is 0 Å². The first-order chi connectivity index (χ1) is 7.59. The number of carbonyl (C=O) groups is 1. The lowest BCUT2D eigenvalue weighted by atomic mass is 9.90. The summed E-state index contributed by atoms with van der Waals surface area (Å²) in [4.78, 5) is 13.6. The summed E-state index contributed by atoms with van der Waals surface area (Å²) >= 11 is 0. The second-order valence-corrected chi connectivity index (χ2v) is 5.15. The van der Waals surface area contributed by atoms with Gasteiger partial charge in [0.05, 0.1) is 6.10 Å². The largest absolute Gasteiger partial charge is 0.480 e. The van der Waals surface area contributed by atoms with Crippen molar-refractivity contribution in [1.82, 2.24) is 4.90 Å². The number of nitrogens with zero attached hydrogens (tertiary/aromatic N) is 1. The maximum absolute atomic E-state index is 11.5. The molecule has 0 aromatic rings. The minimum absolute atomic E-state index is 0.313. The highest BCUT2D eigenvalue weighted by atomic mass is 16.5. The smallest absolute Gasteiger partial charge is 0.324 e. The van der Waals surface area contributed by atoms with E-state index in [2.05, 4.69) is 4.90 Å². The minimum atomic E-state index is -0.661. The maximum Gasteiger partial charge on any atom is 0.324 e. The van der Waals surface area contributed by atoms with Gasteiger partial charge in [-0.15, -0.1) is 0 Å². The van der Waals surface area contributed by atoms with E-state index in [1.165, 1.54) is 0 Å². The first kappa shape index (κ1) is 11.9. The third-order valence-corrected chi connectivity index (χ3v) is 4.24. The van der Waals surface area contributed by atoms with Crippen LogP contribution < -0.4 is 0 Å². The number of aliphatic carboxylic acids is 1. The van der Waals surface area contributed by atoms with E-state index in [0.29, 0.717) is 12.0 Å². The van der Waals surface area contributed by atoms with Crippen molar-refractivity contribution in [3.8, 4) is 0 Å². The first-order valence-electron chi connectivity index (χ1n) is 6.10. The van der Waals surface area contributed by atoms with Crippen molar-refractivity contribution in [1.29, 1.82) is 0 Å². The standard InChI is InChI=1S/C12H21NO3/c1-12(11(14)15,9-3-4-9)13-7-5-10(16-2)6-8-13/h9-10H,3-8H2,1-2H3,(H,14,15). The molecule has 1 saturated carbocycles. The van der Waals surface area contributed by atoms with Gasteiger partial charge in [-0.1, -0.05) is 0 Å². The van der Waals surface area contributed by atoms with Crippen molar-refractivity contribution >= 4 is 5.97 Å². The quantitative estimate of drug-likeness (QED) is 0.787. The Hall–Kier alpha value is -0.610. The maximum atomic E-state index is 11.5. The summed E-state index contributed by atoms with van der Waals surface area (Å²) < 4.78 is 5.31. The van der Waals surface area contributed by atoms with Crippen LogP contribution in [0.25, 0.3) is 0 Å². The molecule has 1 atom stereocenters. The van der Waals surface area contributed by atoms with Crippen molar-refractivity contribution in [2.75, 3.05) is 20.2 Å². The second kappa shape index (κ2) is 4.34. The number of rotatable bonds is 4. The molecule has 1 aliphatic carbocycles. The molecule has 16 heavy (non-hydrogen) atoms. The van der Waals surface area contributed by atoms with Gasteiger partial charge in [0.15, 0.2) is 0 Å². The Morgan fingerprint density at radius 1 is 1.31 bits per heavy atom. The molecule has 0 aromatic heterocycles. The van der Waals surface area contributed by atoms with Crippen LogP contribution in [0.4, 0.5) is 0 Å². The molecule has 4 heteroatoms. The van der Waals surface area contributed by atoms with E-state index in [0.717, 1.165) is 38.8 Å². The molecule has 1 aliphatic heterocycles. The van der Waals surface area contributed by atoms with Crippen LogP contribution in [-0.4, -0.2) is 47.8 Å². The molecular formula is C12H21NO3. The van der Waals surface area contributed by atoms with E-state index in [4.69, 9.17) is 4.74 Å². The van der Waals surface area contributed by atoms with E-state index < -0.39 is 11.5 Å². The zero-order valence-corrected chi connectivity index (χ0v) is 10.1. The Kier molecular flexibility index (Phi) is 3.22. The minimum Gasteiger partial charge on any atom is -0.480 e. The highest BCUT2D eigenvalue weighted by Gasteiger charge is 2.51. The Morgan fingerprint density at radius 2 is 1.88 bits per heavy atom. The molecule has 1 unspecified atom stereocenters. The summed E-state index contributed by atoms with van der Waals surface area (Å²) in [5.74, 6) is -0.310. The molecule has 0 bridgehead atoms. The summed E-state index contributed by atoms with van der Waals surface area (Å²) in [6, 6.07) is 0. The lowest BCUT2D eigenvalue weighted by Gasteiger charge is -2.42. The van der Waals surface area contributed by atoms with Crippen LogP contribution >= 0.6 is 0 Å². The number of piperidine rings is 1. The summed E-state index contributed by atoms with van der Waals surface area (Å²) in [6.45, 7) is 3.58.